The number of unbranched alkanes of at least 4 members (excludes halogenated alkanes) is 13. The highest BCUT2D eigenvalue weighted by Crippen LogP contribution is 2.21. The molecular formula is C23H46N2. The minimum atomic E-state index is 0.625. The van der Waals surface area contributed by atoms with Crippen LogP contribution in [-0.4, -0.2) is 29.6 Å². The van der Waals surface area contributed by atoms with Crippen LogP contribution < -0.4 is 0 Å². The van der Waals surface area contributed by atoms with Crippen molar-refractivity contribution in [3.63, 3.8) is 0 Å². The fourth-order valence-corrected chi connectivity index (χ4v) is 3.93. The number of rotatable bonds is 17. The van der Waals surface area contributed by atoms with E-state index in [0.717, 1.165) is 0 Å². The van der Waals surface area contributed by atoms with E-state index in [4.69, 9.17) is 0 Å². The first-order valence-electron chi connectivity index (χ1n) is 11.5. The van der Waals surface area contributed by atoms with Crippen molar-refractivity contribution in [2.24, 2.45) is 0 Å². The molecule has 148 valence electrons. The van der Waals surface area contributed by atoms with Crippen molar-refractivity contribution < 1.29 is 0 Å². The fourth-order valence-electron chi connectivity index (χ4n) is 3.93. The van der Waals surface area contributed by atoms with Crippen LogP contribution >= 0.6 is 0 Å². The standard InChI is InChI=1S/C23H46N2/c1-4-6-8-10-11-12-13-14-16-18-20-25-22-21-24(3)23(25)19-17-15-9-7-5-2/h21-23H,4-20H2,1-3H3. The second-order valence-electron chi connectivity index (χ2n) is 8.07. The van der Waals surface area contributed by atoms with E-state index in [9.17, 15) is 0 Å². The topological polar surface area (TPSA) is 6.48 Å². The van der Waals surface area contributed by atoms with E-state index in [1.54, 1.807) is 0 Å². The minimum Gasteiger partial charge on any atom is -0.359 e. The van der Waals surface area contributed by atoms with Gasteiger partial charge in [0.1, 0.15) is 6.17 Å². The maximum atomic E-state index is 2.59. The van der Waals surface area contributed by atoms with Crippen LogP contribution in [0.3, 0.4) is 0 Å². The molecule has 1 rings (SSSR count). The highest BCUT2D eigenvalue weighted by molar-refractivity contribution is 4.95. The van der Waals surface area contributed by atoms with Crippen LogP contribution in [0.1, 0.15) is 117 Å². The van der Waals surface area contributed by atoms with E-state index in [0.29, 0.717) is 6.17 Å². The summed E-state index contributed by atoms with van der Waals surface area (Å²) < 4.78 is 0. The van der Waals surface area contributed by atoms with Crippen LogP contribution in [0.15, 0.2) is 12.4 Å². The summed E-state index contributed by atoms with van der Waals surface area (Å²) in [6, 6.07) is 0. The zero-order valence-corrected chi connectivity index (χ0v) is 17.6. The lowest BCUT2D eigenvalue weighted by Crippen LogP contribution is -2.37. The average Bonchev–Trinajstić information content (AvgIpc) is 2.96. The van der Waals surface area contributed by atoms with E-state index in [-0.39, 0.29) is 0 Å². The Hall–Kier alpha value is -0.660. The first-order valence-corrected chi connectivity index (χ1v) is 11.5. The molecule has 0 radical (unpaired) electrons. The molecule has 0 aliphatic carbocycles. The van der Waals surface area contributed by atoms with Crippen molar-refractivity contribution in [2.45, 2.75) is 123 Å². The van der Waals surface area contributed by atoms with Crippen molar-refractivity contribution in [2.75, 3.05) is 13.6 Å². The smallest absolute Gasteiger partial charge is 0.100 e. The zero-order valence-electron chi connectivity index (χ0n) is 17.6. The Kier molecular flexibility index (Phi) is 14.0. The lowest BCUT2D eigenvalue weighted by molar-refractivity contribution is 0.159. The first-order chi connectivity index (χ1) is 12.3. The van der Waals surface area contributed by atoms with Crippen molar-refractivity contribution in [3.8, 4) is 0 Å². The monoisotopic (exact) mass is 350 g/mol. The molecule has 2 heteroatoms. The Balaban J connectivity index is 2.00. The van der Waals surface area contributed by atoms with Crippen molar-refractivity contribution >= 4 is 0 Å². The minimum absolute atomic E-state index is 0.625. The van der Waals surface area contributed by atoms with Crippen molar-refractivity contribution in [1.82, 2.24) is 9.80 Å². The molecule has 1 heterocycles. The lowest BCUT2D eigenvalue weighted by Gasteiger charge is -2.30. The Morgan fingerprint density at radius 3 is 1.64 bits per heavy atom. The molecule has 0 amide bonds. The highest BCUT2D eigenvalue weighted by atomic mass is 15.4. The molecule has 1 atom stereocenters. The Morgan fingerprint density at radius 1 is 0.600 bits per heavy atom. The van der Waals surface area contributed by atoms with E-state index in [2.05, 4.69) is 43.1 Å². The van der Waals surface area contributed by atoms with Gasteiger partial charge in [-0.15, -0.1) is 0 Å². The SMILES string of the molecule is CCCCCCCCCCCCN1C=CN(C)C1CCCCCCC. The molecule has 1 unspecified atom stereocenters. The summed E-state index contributed by atoms with van der Waals surface area (Å²) in [4.78, 5) is 5.00. The molecule has 0 saturated carbocycles. The molecule has 25 heavy (non-hydrogen) atoms. The zero-order chi connectivity index (χ0) is 18.2. The molecule has 1 aliphatic rings. The van der Waals surface area contributed by atoms with Gasteiger partial charge in [0.25, 0.3) is 0 Å². The van der Waals surface area contributed by atoms with E-state index in [1.807, 2.05) is 0 Å². The van der Waals surface area contributed by atoms with Gasteiger partial charge in [0.15, 0.2) is 0 Å². The van der Waals surface area contributed by atoms with Crippen molar-refractivity contribution in [3.05, 3.63) is 12.4 Å². The normalized spacial score (nSPS) is 17.0. The third kappa shape index (κ3) is 10.8. The molecule has 0 N–H and O–H groups in total. The third-order valence-electron chi connectivity index (χ3n) is 5.68. The summed E-state index contributed by atoms with van der Waals surface area (Å²) in [6.45, 7) is 5.84. The summed E-state index contributed by atoms with van der Waals surface area (Å²) in [5.74, 6) is 0. The molecule has 2 nitrogen and oxygen atoms in total. The predicted octanol–water partition coefficient (Wildman–Crippen LogP) is 7.31. The van der Waals surface area contributed by atoms with Gasteiger partial charge in [0.05, 0.1) is 0 Å². The number of nitrogens with zero attached hydrogens (tertiary/aromatic N) is 2. The van der Waals surface area contributed by atoms with Gasteiger partial charge < -0.3 is 9.80 Å². The van der Waals surface area contributed by atoms with Gasteiger partial charge in [0.2, 0.25) is 0 Å². The van der Waals surface area contributed by atoms with Crippen LogP contribution in [0, 0.1) is 0 Å². The molecule has 0 aromatic rings. The maximum absolute atomic E-state index is 2.59. The van der Waals surface area contributed by atoms with Crippen LogP contribution in [-0.2, 0) is 0 Å². The van der Waals surface area contributed by atoms with E-state index in [1.165, 1.54) is 109 Å². The summed E-state index contributed by atoms with van der Waals surface area (Å²) in [7, 11) is 2.24. The summed E-state index contributed by atoms with van der Waals surface area (Å²) in [6.07, 6.45) is 27.8. The molecular weight excluding hydrogens is 304 g/mol. The molecule has 0 fully saturated rings. The maximum Gasteiger partial charge on any atom is 0.100 e. The van der Waals surface area contributed by atoms with Crippen molar-refractivity contribution in [1.29, 1.82) is 0 Å². The Labute approximate surface area is 159 Å². The quantitative estimate of drug-likeness (QED) is 0.254. The van der Waals surface area contributed by atoms with Gasteiger partial charge in [-0.2, -0.15) is 0 Å². The average molecular weight is 351 g/mol. The molecule has 0 aromatic carbocycles. The molecule has 1 aliphatic heterocycles. The molecule has 0 bridgehead atoms. The summed E-state index contributed by atoms with van der Waals surface area (Å²) >= 11 is 0. The Morgan fingerprint density at radius 2 is 1.08 bits per heavy atom. The number of hydrogen-bond acceptors (Lipinski definition) is 2. The van der Waals surface area contributed by atoms with E-state index < -0.39 is 0 Å². The van der Waals surface area contributed by atoms with Gasteiger partial charge in [-0.3, -0.25) is 0 Å². The van der Waals surface area contributed by atoms with Gasteiger partial charge >= 0.3 is 0 Å². The van der Waals surface area contributed by atoms with Gasteiger partial charge in [0, 0.05) is 26.0 Å². The summed E-state index contributed by atoms with van der Waals surface area (Å²) in [5, 5.41) is 0. The molecule has 0 spiro atoms. The molecule has 0 saturated heterocycles. The van der Waals surface area contributed by atoms with Crippen LogP contribution in [0.2, 0.25) is 0 Å². The van der Waals surface area contributed by atoms with Gasteiger partial charge in [-0.05, 0) is 19.3 Å². The highest BCUT2D eigenvalue weighted by Gasteiger charge is 2.22. The number of hydrogen-bond donors (Lipinski definition) is 0. The van der Waals surface area contributed by atoms with Gasteiger partial charge in [-0.1, -0.05) is 97.3 Å². The fraction of sp³-hybridized carbons (Fsp3) is 0.913. The summed E-state index contributed by atoms with van der Waals surface area (Å²) in [5.41, 5.74) is 0. The lowest BCUT2D eigenvalue weighted by atomic mass is 10.1. The largest absolute Gasteiger partial charge is 0.359 e. The van der Waals surface area contributed by atoms with Crippen LogP contribution in [0.25, 0.3) is 0 Å². The first kappa shape index (κ1) is 22.4. The van der Waals surface area contributed by atoms with Gasteiger partial charge in [-0.25, -0.2) is 0 Å². The second-order valence-corrected chi connectivity index (χ2v) is 8.07. The Bertz CT molecular complexity index is 313. The third-order valence-corrected chi connectivity index (χ3v) is 5.68. The molecule has 0 aromatic heterocycles. The van der Waals surface area contributed by atoms with Crippen LogP contribution in [0.5, 0.6) is 0 Å². The second kappa shape index (κ2) is 15.6. The van der Waals surface area contributed by atoms with Crippen LogP contribution in [0.4, 0.5) is 0 Å². The predicted molar refractivity (Wildman–Crippen MR) is 113 cm³/mol. The van der Waals surface area contributed by atoms with E-state index >= 15 is 0 Å².